The van der Waals surface area contributed by atoms with Crippen LogP contribution in [0, 0.1) is 0 Å². The first kappa shape index (κ1) is 20.7. The van der Waals surface area contributed by atoms with Gasteiger partial charge in [-0.25, -0.2) is 9.59 Å². The van der Waals surface area contributed by atoms with Gasteiger partial charge in [0.15, 0.2) is 0 Å². The summed E-state index contributed by atoms with van der Waals surface area (Å²) in [7, 11) is 2.65. The molecule has 0 saturated heterocycles. The van der Waals surface area contributed by atoms with Crippen molar-refractivity contribution in [1.29, 1.82) is 0 Å². The molecule has 0 radical (unpaired) electrons. The van der Waals surface area contributed by atoms with Crippen LogP contribution in [0.4, 0.5) is 0 Å². The van der Waals surface area contributed by atoms with Gasteiger partial charge in [-0.3, -0.25) is 0 Å². The average molecular weight is 412 g/mol. The number of nitrogens with zero attached hydrogens (tertiary/aromatic N) is 1. The topological polar surface area (TPSA) is 55.8 Å². The van der Waals surface area contributed by atoms with Gasteiger partial charge in [0, 0.05) is 17.4 Å². The summed E-state index contributed by atoms with van der Waals surface area (Å²) in [6, 6.07) is 16.7. The summed E-state index contributed by atoms with van der Waals surface area (Å²) >= 11 is 6.01. The van der Waals surface area contributed by atoms with E-state index in [4.69, 9.17) is 21.1 Å². The summed E-state index contributed by atoms with van der Waals surface area (Å²) in [6.45, 7) is 1.99. The minimum absolute atomic E-state index is 0.110. The second-order valence-corrected chi connectivity index (χ2v) is 7.11. The number of rotatable bonds is 5. The maximum Gasteiger partial charge on any atom is 0.336 e. The molecular weight excluding hydrogens is 390 g/mol. The Kier molecular flexibility index (Phi) is 6.39. The molecule has 29 heavy (non-hydrogen) atoms. The Hall–Kier alpha value is -3.05. The highest BCUT2D eigenvalue weighted by atomic mass is 35.5. The van der Waals surface area contributed by atoms with E-state index in [9.17, 15) is 9.59 Å². The van der Waals surface area contributed by atoms with Crippen LogP contribution in [0.25, 0.3) is 0 Å². The fourth-order valence-electron chi connectivity index (χ4n) is 3.39. The quantitative estimate of drug-likeness (QED) is 0.672. The number of carbonyl (C=O) groups is 2. The van der Waals surface area contributed by atoms with Crippen molar-refractivity contribution in [2.75, 3.05) is 14.2 Å². The summed E-state index contributed by atoms with van der Waals surface area (Å²) in [5.74, 6) is -1.64. The highest BCUT2D eigenvalue weighted by molar-refractivity contribution is 6.30. The Labute approximate surface area is 175 Å². The van der Waals surface area contributed by atoms with E-state index in [2.05, 4.69) is 0 Å². The minimum Gasteiger partial charge on any atom is -0.466 e. The van der Waals surface area contributed by atoms with Crippen LogP contribution >= 0.6 is 11.6 Å². The standard InChI is InChI=1S/C23H22ClNO4/c1-15(16-7-5-4-6-8-16)25-13-19(22(26)28-2)21(20(14-25)23(27)29-3)17-9-11-18(24)12-10-17/h4-15,21H,1-3H3. The molecule has 0 N–H and O–H groups in total. The predicted molar refractivity (Wildman–Crippen MR) is 111 cm³/mol. The fourth-order valence-corrected chi connectivity index (χ4v) is 3.52. The highest BCUT2D eigenvalue weighted by Gasteiger charge is 2.36. The first-order valence-electron chi connectivity index (χ1n) is 9.14. The van der Waals surface area contributed by atoms with Crippen molar-refractivity contribution in [1.82, 2.24) is 4.90 Å². The van der Waals surface area contributed by atoms with E-state index in [1.165, 1.54) is 14.2 Å². The Morgan fingerprint density at radius 3 is 1.90 bits per heavy atom. The molecule has 3 rings (SSSR count). The number of ether oxygens (including phenoxy) is 2. The van der Waals surface area contributed by atoms with Crippen LogP contribution in [0.5, 0.6) is 0 Å². The summed E-state index contributed by atoms with van der Waals surface area (Å²) in [5, 5.41) is 0.566. The molecule has 2 aromatic carbocycles. The van der Waals surface area contributed by atoms with Crippen molar-refractivity contribution in [3.05, 3.63) is 94.3 Å². The number of hydrogen-bond acceptors (Lipinski definition) is 5. The Morgan fingerprint density at radius 2 is 1.41 bits per heavy atom. The molecule has 1 unspecified atom stereocenters. The molecular formula is C23H22ClNO4. The van der Waals surface area contributed by atoms with Crippen LogP contribution in [0.15, 0.2) is 78.1 Å². The van der Waals surface area contributed by atoms with Gasteiger partial charge in [-0.05, 0) is 30.2 Å². The van der Waals surface area contributed by atoms with Gasteiger partial charge < -0.3 is 14.4 Å². The van der Waals surface area contributed by atoms with E-state index in [1.54, 1.807) is 36.7 Å². The van der Waals surface area contributed by atoms with Gasteiger partial charge >= 0.3 is 11.9 Å². The lowest BCUT2D eigenvalue weighted by molar-refractivity contribution is -0.137. The predicted octanol–water partition coefficient (Wildman–Crippen LogP) is 4.61. The second-order valence-electron chi connectivity index (χ2n) is 6.67. The third kappa shape index (κ3) is 4.35. The van der Waals surface area contributed by atoms with Gasteiger partial charge in [-0.15, -0.1) is 0 Å². The molecule has 0 saturated carbocycles. The molecule has 150 valence electrons. The molecule has 0 fully saturated rings. The van der Waals surface area contributed by atoms with E-state index >= 15 is 0 Å². The molecule has 1 heterocycles. The summed E-state index contributed by atoms with van der Waals surface area (Å²) in [4.78, 5) is 27.1. The SMILES string of the molecule is COC(=O)C1=CN(C(C)c2ccccc2)C=C(C(=O)OC)C1c1ccc(Cl)cc1. The van der Waals surface area contributed by atoms with Crippen molar-refractivity contribution in [3.63, 3.8) is 0 Å². The molecule has 1 aliphatic heterocycles. The molecule has 5 nitrogen and oxygen atoms in total. The van der Waals surface area contributed by atoms with E-state index in [0.717, 1.165) is 11.1 Å². The average Bonchev–Trinajstić information content (AvgIpc) is 2.77. The monoisotopic (exact) mass is 411 g/mol. The number of benzene rings is 2. The van der Waals surface area contributed by atoms with Gasteiger partial charge in [-0.2, -0.15) is 0 Å². The molecule has 0 aromatic heterocycles. The van der Waals surface area contributed by atoms with Crippen molar-refractivity contribution in [2.24, 2.45) is 0 Å². The number of hydrogen-bond donors (Lipinski definition) is 0. The fraction of sp³-hybridized carbons (Fsp3) is 0.217. The van der Waals surface area contributed by atoms with Crippen molar-refractivity contribution in [3.8, 4) is 0 Å². The van der Waals surface area contributed by atoms with Crippen molar-refractivity contribution >= 4 is 23.5 Å². The second kappa shape index (κ2) is 8.97. The number of esters is 2. The van der Waals surface area contributed by atoms with Crippen LogP contribution < -0.4 is 0 Å². The number of carbonyl (C=O) groups excluding carboxylic acids is 2. The zero-order valence-corrected chi connectivity index (χ0v) is 17.2. The number of methoxy groups -OCH3 is 2. The highest BCUT2D eigenvalue weighted by Crippen LogP contribution is 2.39. The Morgan fingerprint density at radius 1 is 0.897 bits per heavy atom. The van der Waals surface area contributed by atoms with Crippen LogP contribution in [-0.4, -0.2) is 31.1 Å². The van der Waals surface area contributed by atoms with Gasteiger partial charge in [0.25, 0.3) is 0 Å². The van der Waals surface area contributed by atoms with Gasteiger partial charge in [-0.1, -0.05) is 54.1 Å². The maximum atomic E-state index is 12.7. The van der Waals surface area contributed by atoms with E-state index < -0.39 is 17.9 Å². The normalized spacial score (nSPS) is 15.2. The Bertz CT molecular complexity index is 917. The molecule has 6 heteroatoms. The molecule has 0 amide bonds. The third-order valence-corrected chi connectivity index (χ3v) is 5.23. The van der Waals surface area contributed by atoms with Crippen LogP contribution in [0.3, 0.4) is 0 Å². The van der Waals surface area contributed by atoms with Crippen LogP contribution in [-0.2, 0) is 19.1 Å². The smallest absolute Gasteiger partial charge is 0.336 e. The van der Waals surface area contributed by atoms with E-state index in [-0.39, 0.29) is 6.04 Å². The maximum absolute atomic E-state index is 12.7. The Balaban J connectivity index is 2.12. The first-order valence-corrected chi connectivity index (χ1v) is 9.52. The zero-order chi connectivity index (χ0) is 21.0. The lowest BCUT2D eigenvalue weighted by Crippen LogP contribution is -2.30. The van der Waals surface area contributed by atoms with E-state index in [1.807, 2.05) is 42.2 Å². The van der Waals surface area contributed by atoms with Gasteiger partial charge in [0.05, 0.1) is 37.3 Å². The molecule has 1 atom stereocenters. The minimum atomic E-state index is -0.619. The lowest BCUT2D eigenvalue weighted by Gasteiger charge is -2.33. The zero-order valence-electron chi connectivity index (χ0n) is 16.5. The van der Waals surface area contributed by atoms with Crippen LogP contribution in [0.2, 0.25) is 5.02 Å². The molecule has 0 spiro atoms. The van der Waals surface area contributed by atoms with Crippen molar-refractivity contribution < 1.29 is 19.1 Å². The number of halogens is 1. The summed E-state index contributed by atoms with van der Waals surface area (Å²) < 4.78 is 10.0. The summed E-state index contributed by atoms with van der Waals surface area (Å²) in [5.41, 5.74) is 2.48. The molecule has 0 bridgehead atoms. The molecule has 0 aliphatic carbocycles. The first-order chi connectivity index (χ1) is 14.0. The van der Waals surface area contributed by atoms with Crippen LogP contribution in [0.1, 0.15) is 30.0 Å². The van der Waals surface area contributed by atoms with Crippen molar-refractivity contribution in [2.45, 2.75) is 18.9 Å². The van der Waals surface area contributed by atoms with E-state index in [0.29, 0.717) is 16.2 Å². The lowest BCUT2D eigenvalue weighted by atomic mass is 9.83. The largest absolute Gasteiger partial charge is 0.466 e. The molecule has 1 aliphatic rings. The van der Waals surface area contributed by atoms with Gasteiger partial charge in [0.2, 0.25) is 0 Å². The summed E-state index contributed by atoms with van der Waals surface area (Å²) in [6.07, 6.45) is 3.46. The van der Waals surface area contributed by atoms with Gasteiger partial charge in [0.1, 0.15) is 0 Å². The third-order valence-electron chi connectivity index (χ3n) is 4.97. The molecule has 2 aromatic rings.